The number of cyclic esters (lactones) is 1. The molecule has 2 heterocycles. The van der Waals surface area contributed by atoms with Crippen LogP contribution in [0.25, 0.3) is 0 Å². The van der Waals surface area contributed by atoms with Crippen molar-refractivity contribution >= 4 is 35.0 Å². The number of hydrogen-bond donors (Lipinski definition) is 0. The predicted molar refractivity (Wildman–Crippen MR) is 128 cm³/mol. The summed E-state index contributed by atoms with van der Waals surface area (Å²) in [5, 5.41) is 7.30. The Hall–Kier alpha value is -3.64. The van der Waals surface area contributed by atoms with E-state index in [9.17, 15) is 9.59 Å². The van der Waals surface area contributed by atoms with Gasteiger partial charge in [0.25, 0.3) is 5.91 Å². The van der Waals surface area contributed by atoms with Gasteiger partial charge in [0.1, 0.15) is 12.6 Å². The summed E-state index contributed by atoms with van der Waals surface area (Å²) in [6, 6.07) is 24.3. The molecule has 2 aliphatic rings. The average molecular weight is 460 g/mol. The third-order valence-corrected chi connectivity index (χ3v) is 6.18. The van der Waals surface area contributed by atoms with Crippen molar-refractivity contribution in [3.05, 3.63) is 101 Å². The number of halogens is 1. The molecule has 0 aromatic heterocycles. The number of aryl methyl sites for hydroxylation is 1. The van der Waals surface area contributed by atoms with Crippen molar-refractivity contribution in [2.75, 3.05) is 18.2 Å². The van der Waals surface area contributed by atoms with Crippen LogP contribution < -0.4 is 5.01 Å². The van der Waals surface area contributed by atoms with E-state index in [4.69, 9.17) is 21.4 Å². The molecule has 5 rings (SSSR count). The van der Waals surface area contributed by atoms with Crippen molar-refractivity contribution in [2.45, 2.75) is 18.9 Å². The van der Waals surface area contributed by atoms with Gasteiger partial charge < -0.3 is 4.74 Å². The molecule has 3 aromatic rings. The average Bonchev–Trinajstić information content (AvgIpc) is 3.44. The van der Waals surface area contributed by atoms with E-state index in [0.29, 0.717) is 5.02 Å². The number of benzene rings is 3. The Morgan fingerprint density at radius 1 is 1.03 bits per heavy atom. The number of anilines is 1. The van der Waals surface area contributed by atoms with Crippen LogP contribution in [0.3, 0.4) is 0 Å². The maximum absolute atomic E-state index is 13.8. The summed E-state index contributed by atoms with van der Waals surface area (Å²) < 4.78 is 5.06. The van der Waals surface area contributed by atoms with Crippen LogP contribution in [0, 0.1) is 6.92 Å². The van der Waals surface area contributed by atoms with Crippen LogP contribution in [0.15, 0.2) is 84.0 Å². The SMILES string of the molecule is Cc1cccc(C2=NN(c3ccccc3)[C@@H](C(=O)N3CCOC3=O)[C@@H]2c2ccc(Cl)cc2)c1. The first-order valence-electron chi connectivity index (χ1n) is 10.8. The quantitative estimate of drug-likeness (QED) is 0.550. The Balaban J connectivity index is 1.69. The molecule has 1 fully saturated rings. The van der Waals surface area contributed by atoms with Gasteiger partial charge in [-0.25, -0.2) is 9.69 Å². The number of hydrazone groups is 1. The number of carbonyl (C=O) groups excluding carboxylic acids is 2. The first kappa shape index (κ1) is 21.2. The molecule has 0 spiro atoms. The van der Waals surface area contributed by atoms with E-state index in [0.717, 1.165) is 28.1 Å². The highest BCUT2D eigenvalue weighted by Gasteiger charge is 2.48. The van der Waals surface area contributed by atoms with Crippen LogP contribution in [0.2, 0.25) is 5.02 Å². The summed E-state index contributed by atoms with van der Waals surface area (Å²) in [7, 11) is 0. The normalized spacial score (nSPS) is 20.1. The lowest BCUT2D eigenvalue weighted by Crippen LogP contribution is -2.48. The van der Waals surface area contributed by atoms with Gasteiger partial charge in [-0.2, -0.15) is 5.10 Å². The molecule has 0 aliphatic carbocycles. The fourth-order valence-corrected chi connectivity index (χ4v) is 4.51. The van der Waals surface area contributed by atoms with Crippen molar-refractivity contribution in [3.63, 3.8) is 0 Å². The second kappa shape index (κ2) is 8.71. The molecule has 2 amide bonds. The van der Waals surface area contributed by atoms with Crippen LogP contribution in [0.4, 0.5) is 10.5 Å². The van der Waals surface area contributed by atoms with E-state index in [-0.39, 0.29) is 19.1 Å². The third-order valence-electron chi connectivity index (χ3n) is 5.93. The van der Waals surface area contributed by atoms with Gasteiger partial charge in [-0.05, 0) is 42.3 Å². The number of ether oxygens (including phenoxy) is 1. The van der Waals surface area contributed by atoms with Crippen molar-refractivity contribution in [1.82, 2.24) is 4.90 Å². The second-order valence-corrected chi connectivity index (χ2v) is 8.55. The Morgan fingerprint density at radius 3 is 2.45 bits per heavy atom. The van der Waals surface area contributed by atoms with Gasteiger partial charge >= 0.3 is 6.09 Å². The predicted octanol–water partition coefficient (Wildman–Crippen LogP) is 5.00. The third kappa shape index (κ3) is 3.98. The number of rotatable bonds is 4. The van der Waals surface area contributed by atoms with Crippen molar-refractivity contribution in [1.29, 1.82) is 0 Å². The zero-order valence-corrected chi connectivity index (χ0v) is 18.8. The van der Waals surface area contributed by atoms with Gasteiger partial charge in [0, 0.05) is 5.02 Å². The number of carbonyl (C=O) groups is 2. The summed E-state index contributed by atoms with van der Waals surface area (Å²) in [5.41, 5.74) is 4.44. The zero-order valence-electron chi connectivity index (χ0n) is 18.0. The first-order valence-corrected chi connectivity index (χ1v) is 11.1. The summed E-state index contributed by atoms with van der Waals surface area (Å²) in [4.78, 5) is 27.3. The number of amides is 2. The Labute approximate surface area is 197 Å². The molecule has 0 bridgehead atoms. The lowest BCUT2D eigenvalue weighted by molar-refractivity contribution is -0.129. The molecule has 7 heteroatoms. The highest BCUT2D eigenvalue weighted by Crippen LogP contribution is 2.39. The Morgan fingerprint density at radius 2 is 1.79 bits per heavy atom. The minimum absolute atomic E-state index is 0.194. The molecule has 6 nitrogen and oxygen atoms in total. The van der Waals surface area contributed by atoms with Crippen molar-refractivity contribution in [3.8, 4) is 0 Å². The summed E-state index contributed by atoms with van der Waals surface area (Å²) in [5.74, 6) is -0.752. The summed E-state index contributed by atoms with van der Waals surface area (Å²) in [6.45, 7) is 2.44. The van der Waals surface area contributed by atoms with Crippen molar-refractivity contribution < 1.29 is 14.3 Å². The molecule has 3 aromatic carbocycles. The highest BCUT2D eigenvalue weighted by atomic mass is 35.5. The molecule has 2 atom stereocenters. The van der Waals surface area contributed by atoms with Crippen LogP contribution in [-0.2, 0) is 9.53 Å². The van der Waals surface area contributed by atoms with Crippen LogP contribution in [0.5, 0.6) is 0 Å². The summed E-state index contributed by atoms with van der Waals surface area (Å²) >= 11 is 6.16. The fourth-order valence-electron chi connectivity index (χ4n) is 4.38. The standard InChI is InChI=1S/C26H22ClN3O3/c1-17-6-5-7-19(16-17)23-22(18-10-12-20(27)13-11-18)24(25(31)29-14-15-33-26(29)32)30(28-23)21-8-3-2-4-9-21/h2-13,16,22,24H,14-15H2,1H3/t22-,24-/m1/s1. The molecule has 33 heavy (non-hydrogen) atoms. The molecule has 0 unspecified atom stereocenters. The van der Waals surface area contributed by atoms with Gasteiger partial charge in [-0.3, -0.25) is 9.80 Å². The minimum Gasteiger partial charge on any atom is -0.447 e. The van der Waals surface area contributed by atoms with Crippen LogP contribution >= 0.6 is 11.6 Å². The fraction of sp³-hybridized carbons (Fsp3) is 0.192. The maximum Gasteiger partial charge on any atom is 0.416 e. The smallest absolute Gasteiger partial charge is 0.416 e. The van der Waals surface area contributed by atoms with E-state index in [1.54, 1.807) is 5.01 Å². The molecular weight excluding hydrogens is 438 g/mol. The first-order chi connectivity index (χ1) is 16.0. The largest absolute Gasteiger partial charge is 0.447 e. The monoisotopic (exact) mass is 459 g/mol. The molecule has 0 radical (unpaired) electrons. The molecule has 166 valence electrons. The van der Waals surface area contributed by atoms with Crippen molar-refractivity contribution in [2.24, 2.45) is 5.10 Å². The van der Waals surface area contributed by atoms with Gasteiger partial charge in [-0.15, -0.1) is 0 Å². The molecule has 2 aliphatic heterocycles. The van der Waals surface area contributed by atoms with Gasteiger partial charge in [0.05, 0.1) is 23.9 Å². The summed E-state index contributed by atoms with van der Waals surface area (Å²) in [6.07, 6.45) is -0.619. The highest BCUT2D eigenvalue weighted by molar-refractivity contribution is 6.30. The van der Waals surface area contributed by atoms with Crippen LogP contribution in [-0.4, -0.2) is 41.8 Å². The number of nitrogens with zero attached hydrogens (tertiary/aromatic N) is 3. The van der Waals surface area contributed by atoms with E-state index < -0.39 is 18.1 Å². The number of hydrogen-bond acceptors (Lipinski definition) is 5. The maximum atomic E-state index is 13.8. The Kier molecular flexibility index (Phi) is 5.60. The molecular formula is C26H22ClN3O3. The molecule has 1 saturated heterocycles. The minimum atomic E-state index is -0.755. The van der Waals surface area contributed by atoms with E-state index in [2.05, 4.69) is 6.07 Å². The molecule has 0 saturated carbocycles. The number of imide groups is 1. The van der Waals surface area contributed by atoms with Gasteiger partial charge in [0.2, 0.25) is 0 Å². The van der Waals surface area contributed by atoms with E-state index >= 15 is 0 Å². The lowest BCUT2D eigenvalue weighted by atomic mass is 9.84. The molecule has 0 N–H and O–H groups in total. The van der Waals surface area contributed by atoms with Gasteiger partial charge in [-0.1, -0.05) is 71.8 Å². The van der Waals surface area contributed by atoms with Gasteiger partial charge in [0.15, 0.2) is 0 Å². The Bertz CT molecular complexity index is 1230. The van der Waals surface area contributed by atoms with E-state index in [1.807, 2.05) is 79.7 Å². The number of para-hydroxylation sites is 1. The second-order valence-electron chi connectivity index (χ2n) is 8.11. The van der Waals surface area contributed by atoms with E-state index in [1.165, 1.54) is 4.90 Å². The lowest BCUT2D eigenvalue weighted by Gasteiger charge is -2.29. The zero-order chi connectivity index (χ0) is 22.9. The van der Waals surface area contributed by atoms with Crippen LogP contribution in [0.1, 0.15) is 22.6 Å². The topological polar surface area (TPSA) is 62.2 Å².